The zero-order valence-electron chi connectivity index (χ0n) is 9.55. The summed E-state index contributed by atoms with van der Waals surface area (Å²) in [6.45, 7) is 0.0264. The first-order valence-electron chi connectivity index (χ1n) is 5.35. The number of rotatable bonds is 3. The summed E-state index contributed by atoms with van der Waals surface area (Å²) in [5, 5.41) is 13.0. The number of fused-ring (bicyclic) bond motifs is 1. The number of carboxylic acid groups (broad SMARTS) is 1. The summed E-state index contributed by atoms with van der Waals surface area (Å²) in [6.07, 6.45) is 5.68. The summed E-state index contributed by atoms with van der Waals surface area (Å²) in [6, 6.07) is 1.50. The molecule has 19 heavy (non-hydrogen) atoms. The number of aromatic nitrogens is 4. The van der Waals surface area contributed by atoms with Crippen LogP contribution in [0.15, 0.2) is 40.1 Å². The zero-order valence-corrected chi connectivity index (χ0v) is 9.55. The molecule has 3 heterocycles. The minimum absolute atomic E-state index is 0.0264. The average molecular weight is 260 g/mol. The van der Waals surface area contributed by atoms with Gasteiger partial charge in [-0.25, -0.2) is 18.7 Å². The highest BCUT2D eigenvalue weighted by Gasteiger charge is 2.16. The van der Waals surface area contributed by atoms with Gasteiger partial charge in [-0.05, 0) is 6.07 Å². The molecular formula is C11H8N4O4. The Morgan fingerprint density at radius 3 is 3.05 bits per heavy atom. The number of hydrogen-bond acceptors (Lipinski definition) is 5. The molecule has 3 aromatic rings. The van der Waals surface area contributed by atoms with Gasteiger partial charge >= 0.3 is 11.7 Å². The Morgan fingerprint density at radius 2 is 2.32 bits per heavy atom. The van der Waals surface area contributed by atoms with Crippen LogP contribution in [0.25, 0.3) is 5.65 Å². The van der Waals surface area contributed by atoms with Crippen molar-refractivity contribution in [1.29, 1.82) is 0 Å². The summed E-state index contributed by atoms with van der Waals surface area (Å²) in [5.41, 5.74) is 0.411. The molecule has 0 radical (unpaired) electrons. The topological polar surface area (TPSA) is 103 Å². The van der Waals surface area contributed by atoms with Crippen molar-refractivity contribution in [1.82, 2.24) is 19.2 Å². The normalized spacial score (nSPS) is 10.9. The Balaban J connectivity index is 2.06. The van der Waals surface area contributed by atoms with E-state index < -0.39 is 5.97 Å². The Labute approximate surface area is 105 Å². The highest BCUT2D eigenvalue weighted by Crippen LogP contribution is 2.11. The number of carbonyl (C=O) groups is 1. The van der Waals surface area contributed by atoms with Gasteiger partial charge in [0.1, 0.15) is 0 Å². The first kappa shape index (κ1) is 11.2. The highest BCUT2D eigenvalue weighted by atomic mass is 16.4. The first-order valence-corrected chi connectivity index (χ1v) is 5.35. The minimum Gasteiger partial charge on any atom is -0.475 e. The van der Waals surface area contributed by atoms with E-state index in [2.05, 4.69) is 10.1 Å². The molecule has 0 unspecified atom stereocenters. The summed E-state index contributed by atoms with van der Waals surface area (Å²) in [5.74, 6) is -1.37. The van der Waals surface area contributed by atoms with E-state index in [0.29, 0.717) is 11.2 Å². The molecule has 0 spiro atoms. The molecule has 0 saturated carbocycles. The summed E-state index contributed by atoms with van der Waals surface area (Å²) in [4.78, 5) is 26.8. The third-order valence-electron chi connectivity index (χ3n) is 2.65. The maximum Gasteiger partial charge on any atom is 0.372 e. The van der Waals surface area contributed by atoms with E-state index in [1.165, 1.54) is 35.3 Å². The van der Waals surface area contributed by atoms with Crippen LogP contribution in [0.4, 0.5) is 0 Å². The molecular weight excluding hydrogens is 252 g/mol. The van der Waals surface area contributed by atoms with Crippen molar-refractivity contribution in [3.05, 3.63) is 52.7 Å². The zero-order chi connectivity index (χ0) is 13.4. The summed E-state index contributed by atoms with van der Waals surface area (Å²) in [7, 11) is 0. The van der Waals surface area contributed by atoms with E-state index in [9.17, 15) is 9.59 Å². The van der Waals surface area contributed by atoms with Gasteiger partial charge in [0, 0.05) is 18.0 Å². The van der Waals surface area contributed by atoms with Crippen molar-refractivity contribution < 1.29 is 14.3 Å². The van der Waals surface area contributed by atoms with E-state index in [-0.39, 0.29) is 18.0 Å². The molecule has 3 aromatic heterocycles. The van der Waals surface area contributed by atoms with Crippen molar-refractivity contribution in [3.63, 3.8) is 0 Å². The number of nitrogens with zero attached hydrogens (tertiary/aromatic N) is 4. The maximum atomic E-state index is 12.0. The van der Waals surface area contributed by atoms with Gasteiger partial charge in [-0.3, -0.25) is 4.98 Å². The molecule has 0 aliphatic heterocycles. The predicted molar refractivity (Wildman–Crippen MR) is 62.0 cm³/mol. The second-order valence-corrected chi connectivity index (χ2v) is 3.82. The van der Waals surface area contributed by atoms with Gasteiger partial charge in [0.05, 0.1) is 19.0 Å². The predicted octanol–water partition coefficient (Wildman–Crippen LogP) is 0.230. The maximum absolute atomic E-state index is 12.0. The van der Waals surface area contributed by atoms with Gasteiger partial charge in [-0.1, -0.05) is 0 Å². The van der Waals surface area contributed by atoms with Crippen molar-refractivity contribution in [2.24, 2.45) is 0 Å². The average Bonchev–Trinajstić information content (AvgIpc) is 2.97. The molecule has 0 fully saturated rings. The van der Waals surface area contributed by atoms with Crippen molar-refractivity contribution >= 4 is 11.6 Å². The third-order valence-corrected chi connectivity index (χ3v) is 2.65. The molecule has 0 bridgehead atoms. The van der Waals surface area contributed by atoms with Crippen molar-refractivity contribution in [3.8, 4) is 0 Å². The lowest BCUT2D eigenvalue weighted by molar-refractivity contribution is 0.0660. The van der Waals surface area contributed by atoms with E-state index >= 15 is 0 Å². The standard InChI is InChI=1S/C11H8N4O4/c16-10(17)9-7(1-4-19-9)6-15-11(18)14-3-2-12-5-8(14)13-15/h1-5H,6H2,(H,16,17). The summed E-state index contributed by atoms with van der Waals surface area (Å²) < 4.78 is 7.34. The first-order chi connectivity index (χ1) is 9.16. The third kappa shape index (κ3) is 1.79. The van der Waals surface area contributed by atoms with Crippen LogP contribution in [0.5, 0.6) is 0 Å². The molecule has 96 valence electrons. The monoisotopic (exact) mass is 260 g/mol. The van der Waals surface area contributed by atoms with Gasteiger partial charge in [0.15, 0.2) is 5.65 Å². The van der Waals surface area contributed by atoms with Crippen LogP contribution in [0.2, 0.25) is 0 Å². The second-order valence-electron chi connectivity index (χ2n) is 3.82. The van der Waals surface area contributed by atoms with Crippen LogP contribution in [0, 0.1) is 0 Å². The highest BCUT2D eigenvalue weighted by molar-refractivity contribution is 5.86. The summed E-state index contributed by atoms with van der Waals surface area (Å²) >= 11 is 0. The van der Waals surface area contributed by atoms with Crippen molar-refractivity contribution in [2.45, 2.75) is 6.54 Å². The largest absolute Gasteiger partial charge is 0.475 e. The lowest BCUT2D eigenvalue weighted by Crippen LogP contribution is -2.22. The molecule has 0 aromatic carbocycles. The number of hydrogen-bond donors (Lipinski definition) is 1. The fourth-order valence-corrected chi connectivity index (χ4v) is 1.79. The van der Waals surface area contributed by atoms with Gasteiger partial charge < -0.3 is 9.52 Å². The van der Waals surface area contributed by atoms with E-state index in [0.717, 1.165) is 4.68 Å². The molecule has 8 nitrogen and oxygen atoms in total. The van der Waals surface area contributed by atoms with E-state index in [1.54, 1.807) is 0 Å². The van der Waals surface area contributed by atoms with Crippen LogP contribution in [0.1, 0.15) is 16.1 Å². The smallest absolute Gasteiger partial charge is 0.372 e. The van der Waals surface area contributed by atoms with Crippen LogP contribution in [-0.4, -0.2) is 30.2 Å². The molecule has 0 saturated heterocycles. The number of furan rings is 1. The molecule has 0 aliphatic rings. The molecule has 0 atom stereocenters. The van der Waals surface area contributed by atoms with Gasteiger partial charge in [-0.2, -0.15) is 0 Å². The minimum atomic E-state index is -1.18. The molecule has 3 rings (SSSR count). The fourth-order valence-electron chi connectivity index (χ4n) is 1.79. The molecule has 1 N–H and O–H groups in total. The number of carboxylic acids is 1. The van der Waals surface area contributed by atoms with Crippen LogP contribution in [-0.2, 0) is 6.54 Å². The van der Waals surface area contributed by atoms with Gasteiger partial charge in [0.25, 0.3) is 0 Å². The lowest BCUT2D eigenvalue weighted by atomic mass is 10.2. The molecule has 8 heteroatoms. The Kier molecular flexibility index (Phi) is 2.41. The SMILES string of the molecule is O=C(O)c1occc1Cn1nc2cnccn2c1=O. The second kappa shape index (κ2) is 4.09. The Bertz CT molecular complexity index is 813. The van der Waals surface area contributed by atoms with Crippen molar-refractivity contribution in [2.75, 3.05) is 0 Å². The van der Waals surface area contributed by atoms with E-state index in [1.807, 2.05) is 0 Å². The lowest BCUT2D eigenvalue weighted by Gasteiger charge is -1.97. The quantitative estimate of drug-likeness (QED) is 0.723. The van der Waals surface area contributed by atoms with Crippen LogP contribution >= 0.6 is 0 Å². The molecule has 0 amide bonds. The Hall–Kier alpha value is -2.90. The van der Waals surface area contributed by atoms with Crippen LogP contribution < -0.4 is 5.69 Å². The van der Waals surface area contributed by atoms with Gasteiger partial charge in [-0.15, -0.1) is 5.10 Å². The molecule has 0 aliphatic carbocycles. The number of aromatic carboxylic acids is 1. The van der Waals surface area contributed by atoms with Gasteiger partial charge in [0.2, 0.25) is 5.76 Å². The Morgan fingerprint density at radius 1 is 1.47 bits per heavy atom. The van der Waals surface area contributed by atoms with Crippen LogP contribution in [0.3, 0.4) is 0 Å². The fraction of sp³-hybridized carbons (Fsp3) is 0.0909. The van der Waals surface area contributed by atoms with E-state index in [4.69, 9.17) is 9.52 Å².